The zero-order valence-corrected chi connectivity index (χ0v) is 23.5. The summed E-state index contributed by atoms with van der Waals surface area (Å²) in [5.41, 5.74) is -6.86. The SMILES string of the molecule is C[C@@H]1C[C@H]2[C@@H]3C[C@H](F)C4=CC(=O)C=C(O)[C@]4(C)[C@@]3(F)CC[C@]2(C)[C@@]1(OC(=O)C1C(C)(C)C1(C)C)C(=O)S. The monoisotopic (exact) mass is 536 g/mol. The molecule has 8 atom stereocenters. The number of carbonyl (C=O) groups excluding carboxylic acids is 3. The van der Waals surface area contributed by atoms with Crippen LogP contribution >= 0.6 is 12.6 Å². The largest absolute Gasteiger partial charge is 0.511 e. The second-order valence-corrected chi connectivity index (χ2v) is 14.2. The van der Waals surface area contributed by atoms with Gasteiger partial charge < -0.3 is 9.84 Å². The van der Waals surface area contributed by atoms with Crippen LogP contribution < -0.4 is 0 Å². The molecule has 0 amide bonds. The van der Waals surface area contributed by atoms with Crippen molar-refractivity contribution in [2.45, 2.75) is 91.6 Å². The van der Waals surface area contributed by atoms with E-state index in [1.807, 2.05) is 41.5 Å². The number of carbonyl (C=O) groups is 3. The Hall–Kier alpha value is -1.70. The molecule has 0 aromatic rings. The number of aliphatic hydroxyl groups excluding tert-OH is 1. The van der Waals surface area contributed by atoms with Gasteiger partial charge in [-0.15, -0.1) is 12.6 Å². The van der Waals surface area contributed by atoms with Crippen LogP contribution in [0.3, 0.4) is 0 Å². The minimum atomic E-state index is -2.03. The van der Waals surface area contributed by atoms with E-state index < -0.39 is 68.7 Å². The Morgan fingerprint density at radius 1 is 1.03 bits per heavy atom. The first-order chi connectivity index (χ1) is 16.8. The number of allylic oxidation sites excluding steroid dienone is 3. The lowest BCUT2D eigenvalue weighted by Gasteiger charge is -2.61. The van der Waals surface area contributed by atoms with Gasteiger partial charge in [0, 0.05) is 23.3 Å². The lowest BCUT2D eigenvalue weighted by Crippen LogP contribution is -2.66. The van der Waals surface area contributed by atoms with Crippen LogP contribution in [0.2, 0.25) is 0 Å². The molecular weight excluding hydrogens is 498 g/mol. The molecule has 8 heteroatoms. The first-order valence-electron chi connectivity index (χ1n) is 13.3. The highest BCUT2D eigenvalue weighted by Gasteiger charge is 2.78. The standard InChI is InChI=1S/C29H38F2O5S/c1-14-10-16-17-13-19(30)18-11-15(32)12-20(33)27(18,7)28(17,31)9-8-26(16,6)29(14,23(35)37)36-22(34)21-24(2,3)25(21,4)5/h11-12,14,16-17,19,21,33H,8-10,13H2,1-7H3,(H,35,37)/t14-,16+,17+,19+,26+,27-,28-,29+/m1/s1. The summed E-state index contributed by atoms with van der Waals surface area (Å²) in [4.78, 5) is 39.0. The van der Waals surface area contributed by atoms with Gasteiger partial charge in [-0.25, -0.2) is 8.78 Å². The smallest absolute Gasteiger partial charge is 0.311 e. The van der Waals surface area contributed by atoms with E-state index in [-0.39, 0.29) is 41.6 Å². The summed E-state index contributed by atoms with van der Waals surface area (Å²) in [5, 5.41) is 10.3. The van der Waals surface area contributed by atoms with Gasteiger partial charge in [-0.3, -0.25) is 14.4 Å². The summed E-state index contributed by atoms with van der Waals surface area (Å²) in [6.45, 7) is 13.2. The highest BCUT2D eigenvalue weighted by Crippen LogP contribution is 2.74. The first kappa shape index (κ1) is 26.9. The molecule has 4 saturated carbocycles. The van der Waals surface area contributed by atoms with Gasteiger partial charge in [-0.2, -0.15) is 0 Å². The van der Waals surface area contributed by atoms with Crippen molar-refractivity contribution in [1.29, 1.82) is 0 Å². The summed E-state index contributed by atoms with van der Waals surface area (Å²) in [5.74, 6) is -3.64. The number of hydrogen-bond donors (Lipinski definition) is 2. The van der Waals surface area contributed by atoms with Gasteiger partial charge in [0.25, 0.3) is 0 Å². The van der Waals surface area contributed by atoms with E-state index in [1.54, 1.807) is 0 Å². The van der Waals surface area contributed by atoms with Crippen LogP contribution in [0.15, 0.2) is 23.5 Å². The van der Waals surface area contributed by atoms with Crippen molar-refractivity contribution < 1.29 is 33.0 Å². The number of ketones is 1. The predicted octanol–water partition coefficient (Wildman–Crippen LogP) is 5.89. The summed E-state index contributed by atoms with van der Waals surface area (Å²) >= 11 is 4.25. The summed E-state index contributed by atoms with van der Waals surface area (Å²) in [6.07, 6.45) is 0.781. The number of ether oxygens (including phenoxy) is 1. The topological polar surface area (TPSA) is 80.7 Å². The number of hydrogen-bond acceptors (Lipinski definition) is 5. The second-order valence-electron chi connectivity index (χ2n) is 13.8. The van der Waals surface area contributed by atoms with E-state index in [4.69, 9.17) is 4.74 Å². The van der Waals surface area contributed by atoms with Crippen molar-refractivity contribution in [3.05, 3.63) is 23.5 Å². The molecule has 0 heterocycles. The van der Waals surface area contributed by atoms with Crippen LogP contribution in [0.1, 0.15) is 74.1 Å². The van der Waals surface area contributed by atoms with E-state index in [0.29, 0.717) is 6.42 Å². The summed E-state index contributed by atoms with van der Waals surface area (Å²) in [7, 11) is 0. The molecular formula is C29H38F2O5S. The van der Waals surface area contributed by atoms with Crippen LogP contribution in [0.4, 0.5) is 8.78 Å². The highest BCUT2D eigenvalue weighted by molar-refractivity contribution is 7.96. The van der Waals surface area contributed by atoms with Crippen molar-refractivity contribution in [3.8, 4) is 0 Å². The normalized spacial score (nSPS) is 47.7. The molecule has 5 rings (SSSR count). The average Bonchev–Trinajstić information content (AvgIpc) is 3.07. The molecule has 0 spiro atoms. The third-order valence-electron chi connectivity index (χ3n) is 12.2. The Balaban J connectivity index is 1.57. The third-order valence-corrected chi connectivity index (χ3v) is 12.5. The van der Waals surface area contributed by atoms with Gasteiger partial charge in [0.05, 0.1) is 11.3 Å². The van der Waals surface area contributed by atoms with Gasteiger partial charge in [-0.1, -0.05) is 41.5 Å². The van der Waals surface area contributed by atoms with Crippen LogP contribution in [0.5, 0.6) is 0 Å². The van der Waals surface area contributed by atoms with Crippen molar-refractivity contribution in [2.24, 2.45) is 45.3 Å². The quantitative estimate of drug-likeness (QED) is 0.348. The molecule has 0 radical (unpaired) electrons. The number of rotatable bonds is 3. The van der Waals surface area contributed by atoms with E-state index in [9.17, 15) is 19.5 Å². The number of aliphatic hydroxyl groups is 1. The van der Waals surface area contributed by atoms with Gasteiger partial charge in [0.1, 0.15) is 17.6 Å². The van der Waals surface area contributed by atoms with Gasteiger partial charge in [0.2, 0.25) is 5.12 Å². The zero-order chi connectivity index (χ0) is 27.7. The minimum Gasteiger partial charge on any atom is -0.511 e. The van der Waals surface area contributed by atoms with Gasteiger partial charge in [-0.05, 0) is 61.0 Å². The Labute approximate surface area is 222 Å². The molecule has 0 aliphatic heterocycles. The van der Waals surface area contributed by atoms with E-state index >= 15 is 8.78 Å². The molecule has 0 saturated heterocycles. The first-order valence-corrected chi connectivity index (χ1v) is 13.7. The van der Waals surface area contributed by atoms with Gasteiger partial charge in [0.15, 0.2) is 11.4 Å². The van der Waals surface area contributed by atoms with Crippen LogP contribution in [0.25, 0.3) is 0 Å². The fourth-order valence-corrected chi connectivity index (χ4v) is 9.76. The lowest BCUT2D eigenvalue weighted by molar-refractivity contribution is -0.203. The van der Waals surface area contributed by atoms with Crippen LogP contribution in [0, 0.1) is 45.3 Å². The number of esters is 1. The highest BCUT2D eigenvalue weighted by atomic mass is 32.1. The fourth-order valence-electron chi connectivity index (χ4n) is 9.23. The Kier molecular flexibility index (Phi) is 5.44. The number of halogens is 2. The summed E-state index contributed by atoms with van der Waals surface area (Å²) in [6, 6.07) is 0. The molecule has 0 unspecified atom stereocenters. The Morgan fingerprint density at radius 2 is 1.62 bits per heavy atom. The maximum atomic E-state index is 17.3. The Bertz CT molecular complexity index is 1160. The van der Waals surface area contributed by atoms with Gasteiger partial charge >= 0.3 is 5.97 Å². The van der Waals surface area contributed by atoms with Crippen LogP contribution in [-0.4, -0.2) is 39.4 Å². The Morgan fingerprint density at radius 3 is 2.16 bits per heavy atom. The predicted molar refractivity (Wildman–Crippen MR) is 137 cm³/mol. The maximum absolute atomic E-state index is 17.3. The van der Waals surface area contributed by atoms with Crippen LogP contribution in [-0.2, 0) is 19.1 Å². The fraction of sp³-hybridized carbons (Fsp3) is 0.759. The number of thiol groups is 1. The van der Waals surface area contributed by atoms with Crippen molar-refractivity contribution in [3.63, 3.8) is 0 Å². The third kappa shape index (κ3) is 2.89. The van der Waals surface area contributed by atoms with Crippen molar-refractivity contribution >= 4 is 29.5 Å². The molecule has 0 aromatic carbocycles. The van der Waals surface area contributed by atoms with E-state index in [0.717, 1.165) is 12.2 Å². The molecule has 5 nitrogen and oxygen atoms in total. The molecule has 0 aromatic heterocycles. The van der Waals surface area contributed by atoms with E-state index in [1.165, 1.54) is 6.92 Å². The number of alkyl halides is 2. The molecule has 5 aliphatic carbocycles. The minimum absolute atomic E-state index is 0.0212. The van der Waals surface area contributed by atoms with Crippen molar-refractivity contribution in [1.82, 2.24) is 0 Å². The molecule has 204 valence electrons. The molecule has 37 heavy (non-hydrogen) atoms. The lowest BCUT2D eigenvalue weighted by atomic mass is 9.45. The molecule has 5 aliphatic rings. The second kappa shape index (κ2) is 7.48. The van der Waals surface area contributed by atoms with E-state index in [2.05, 4.69) is 12.6 Å². The molecule has 1 N–H and O–H groups in total. The molecule has 4 fully saturated rings. The summed E-state index contributed by atoms with van der Waals surface area (Å²) < 4.78 is 39.3. The number of fused-ring (bicyclic) bond motifs is 5. The molecule has 0 bridgehead atoms. The zero-order valence-electron chi connectivity index (χ0n) is 22.7. The average molecular weight is 537 g/mol. The maximum Gasteiger partial charge on any atom is 0.311 e. The van der Waals surface area contributed by atoms with Crippen molar-refractivity contribution in [2.75, 3.05) is 0 Å².